The van der Waals surface area contributed by atoms with Crippen molar-refractivity contribution < 1.29 is 9.90 Å². The van der Waals surface area contributed by atoms with Crippen molar-refractivity contribution in [1.29, 1.82) is 0 Å². The number of hydrazone groups is 1. The molecule has 116 valence electrons. The molecule has 6 nitrogen and oxygen atoms in total. The molecule has 3 aromatic rings. The molecule has 0 aliphatic heterocycles. The van der Waals surface area contributed by atoms with E-state index in [9.17, 15) is 9.90 Å². The lowest BCUT2D eigenvalue weighted by Crippen LogP contribution is -2.25. The smallest absolute Gasteiger partial charge is 0.259 e. The lowest BCUT2D eigenvalue weighted by molar-refractivity contribution is -0.119. The number of rotatable bonds is 5. The fourth-order valence-corrected chi connectivity index (χ4v) is 2.79. The molecular weight excluding hydrogens is 312 g/mol. The van der Waals surface area contributed by atoms with Gasteiger partial charge in [0, 0.05) is 0 Å². The Morgan fingerprint density at radius 3 is 2.96 bits per heavy atom. The summed E-state index contributed by atoms with van der Waals surface area (Å²) < 4.78 is 1.07. The van der Waals surface area contributed by atoms with Gasteiger partial charge in [-0.15, -0.1) is 0 Å². The van der Waals surface area contributed by atoms with Crippen LogP contribution in [0.15, 0.2) is 53.6 Å². The monoisotopic (exact) mass is 326 g/mol. The third kappa shape index (κ3) is 4.04. The number of amides is 1. The second kappa shape index (κ2) is 6.89. The Morgan fingerprint density at radius 1 is 1.26 bits per heavy atom. The van der Waals surface area contributed by atoms with E-state index in [1.54, 1.807) is 24.3 Å². The zero-order chi connectivity index (χ0) is 16.1. The number of carbonyl (C=O) groups excluding carboxylic acids is 1. The number of thiazole rings is 1. The first kappa shape index (κ1) is 15.0. The Bertz CT molecular complexity index is 827. The van der Waals surface area contributed by atoms with E-state index in [4.69, 9.17) is 0 Å². The van der Waals surface area contributed by atoms with Gasteiger partial charge >= 0.3 is 0 Å². The number of aromatic nitrogens is 1. The lowest BCUT2D eigenvalue weighted by Gasteiger charge is -2.01. The molecule has 1 amide bonds. The summed E-state index contributed by atoms with van der Waals surface area (Å²) in [4.78, 5) is 16.1. The van der Waals surface area contributed by atoms with Crippen LogP contribution in [0.4, 0.5) is 5.13 Å². The minimum atomic E-state index is -0.277. The SMILES string of the molecule is O=C(CNc1nc2ccccc2s1)N/N=C\c1cccc(O)c1. The summed E-state index contributed by atoms with van der Waals surface area (Å²) in [5.74, 6) is -0.126. The Balaban J connectivity index is 1.51. The van der Waals surface area contributed by atoms with Gasteiger partial charge in [-0.1, -0.05) is 35.6 Å². The maximum Gasteiger partial charge on any atom is 0.259 e. The minimum absolute atomic E-state index is 0.0806. The van der Waals surface area contributed by atoms with Crippen LogP contribution in [0.25, 0.3) is 10.2 Å². The molecular formula is C16H14N4O2S. The van der Waals surface area contributed by atoms with Crippen molar-refractivity contribution in [1.82, 2.24) is 10.4 Å². The predicted molar refractivity (Wildman–Crippen MR) is 92.0 cm³/mol. The molecule has 23 heavy (non-hydrogen) atoms. The van der Waals surface area contributed by atoms with Crippen LogP contribution < -0.4 is 10.7 Å². The van der Waals surface area contributed by atoms with E-state index >= 15 is 0 Å². The van der Waals surface area contributed by atoms with E-state index in [0.29, 0.717) is 10.7 Å². The molecule has 0 aliphatic carbocycles. The van der Waals surface area contributed by atoms with E-state index in [2.05, 4.69) is 20.8 Å². The number of nitrogens with one attached hydrogen (secondary N) is 2. The molecule has 2 aromatic carbocycles. The van der Waals surface area contributed by atoms with Crippen molar-refractivity contribution in [3.8, 4) is 5.75 Å². The molecule has 0 spiro atoms. The fourth-order valence-electron chi connectivity index (χ4n) is 1.93. The summed E-state index contributed by atoms with van der Waals surface area (Å²) in [6, 6.07) is 14.4. The second-order valence-corrected chi connectivity index (χ2v) is 5.76. The first-order chi connectivity index (χ1) is 11.2. The van der Waals surface area contributed by atoms with Crippen molar-refractivity contribution in [2.24, 2.45) is 5.10 Å². The highest BCUT2D eigenvalue weighted by Crippen LogP contribution is 2.24. The van der Waals surface area contributed by atoms with Crippen LogP contribution in [0.1, 0.15) is 5.56 Å². The van der Waals surface area contributed by atoms with E-state index in [0.717, 1.165) is 10.2 Å². The number of hydrogen-bond acceptors (Lipinski definition) is 6. The molecule has 0 unspecified atom stereocenters. The molecule has 0 bridgehead atoms. The summed E-state index contributed by atoms with van der Waals surface area (Å²) in [6.45, 7) is 0.0806. The van der Waals surface area contributed by atoms with Crippen LogP contribution >= 0.6 is 11.3 Å². The molecule has 0 fully saturated rings. The summed E-state index contributed by atoms with van der Waals surface area (Å²) in [6.07, 6.45) is 1.47. The van der Waals surface area contributed by atoms with Gasteiger partial charge in [-0.25, -0.2) is 10.4 Å². The van der Waals surface area contributed by atoms with Gasteiger partial charge in [0.05, 0.1) is 23.0 Å². The zero-order valence-corrected chi connectivity index (χ0v) is 12.9. The van der Waals surface area contributed by atoms with Crippen LogP contribution in [0, 0.1) is 0 Å². The summed E-state index contributed by atoms with van der Waals surface area (Å²) in [5.41, 5.74) is 4.02. The number of phenolic OH excluding ortho intramolecular Hbond substituents is 1. The molecule has 3 N–H and O–H groups in total. The Labute approximate surface area is 136 Å². The number of para-hydroxylation sites is 1. The molecule has 0 saturated heterocycles. The Hall–Kier alpha value is -2.93. The normalized spacial score (nSPS) is 11.0. The van der Waals surface area contributed by atoms with E-state index in [-0.39, 0.29) is 18.2 Å². The van der Waals surface area contributed by atoms with E-state index in [1.165, 1.54) is 17.6 Å². The van der Waals surface area contributed by atoms with Gasteiger partial charge in [0.1, 0.15) is 5.75 Å². The van der Waals surface area contributed by atoms with Gasteiger partial charge in [-0.05, 0) is 29.8 Å². The molecule has 7 heteroatoms. The number of carbonyl (C=O) groups is 1. The third-order valence-electron chi connectivity index (χ3n) is 2.97. The van der Waals surface area contributed by atoms with Crippen LogP contribution in [-0.4, -0.2) is 28.8 Å². The summed E-state index contributed by atoms with van der Waals surface area (Å²) in [5, 5.41) is 16.8. The first-order valence-electron chi connectivity index (χ1n) is 6.91. The lowest BCUT2D eigenvalue weighted by atomic mass is 10.2. The second-order valence-electron chi connectivity index (χ2n) is 4.73. The zero-order valence-electron chi connectivity index (χ0n) is 12.1. The number of phenols is 1. The summed E-state index contributed by atoms with van der Waals surface area (Å²) in [7, 11) is 0. The molecule has 0 aliphatic rings. The highest BCUT2D eigenvalue weighted by molar-refractivity contribution is 7.22. The number of benzene rings is 2. The number of aromatic hydroxyl groups is 1. The van der Waals surface area contributed by atoms with Crippen molar-refractivity contribution in [3.05, 3.63) is 54.1 Å². The van der Waals surface area contributed by atoms with Crippen LogP contribution in [0.5, 0.6) is 5.75 Å². The maximum absolute atomic E-state index is 11.7. The van der Waals surface area contributed by atoms with Crippen molar-refractivity contribution in [2.75, 3.05) is 11.9 Å². The number of hydrogen-bond donors (Lipinski definition) is 3. The van der Waals surface area contributed by atoms with Crippen LogP contribution in [0.3, 0.4) is 0 Å². The number of nitrogens with zero attached hydrogens (tertiary/aromatic N) is 2. The van der Waals surface area contributed by atoms with Gasteiger partial charge in [0.2, 0.25) is 0 Å². The fraction of sp³-hybridized carbons (Fsp3) is 0.0625. The predicted octanol–water partition coefficient (Wildman–Crippen LogP) is 2.56. The highest BCUT2D eigenvalue weighted by atomic mass is 32.1. The standard InChI is InChI=1S/C16H14N4O2S/c21-12-5-3-4-11(8-12)9-18-20-15(22)10-17-16-19-13-6-1-2-7-14(13)23-16/h1-9,21H,10H2,(H,17,19)(H,20,22)/b18-9-. The molecule has 0 radical (unpaired) electrons. The molecule has 0 atom stereocenters. The van der Waals surface area contributed by atoms with Gasteiger partial charge in [-0.3, -0.25) is 4.79 Å². The summed E-state index contributed by atoms with van der Waals surface area (Å²) >= 11 is 1.49. The van der Waals surface area contributed by atoms with Gasteiger partial charge in [-0.2, -0.15) is 5.10 Å². The van der Waals surface area contributed by atoms with Crippen molar-refractivity contribution >= 4 is 38.8 Å². The van der Waals surface area contributed by atoms with Crippen molar-refractivity contribution in [2.45, 2.75) is 0 Å². The molecule has 3 rings (SSSR count). The maximum atomic E-state index is 11.7. The molecule has 0 saturated carbocycles. The highest BCUT2D eigenvalue weighted by Gasteiger charge is 2.04. The van der Waals surface area contributed by atoms with E-state index < -0.39 is 0 Å². The van der Waals surface area contributed by atoms with Gasteiger partial charge in [0.15, 0.2) is 5.13 Å². The quantitative estimate of drug-likeness (QED) is 0.497. The molecule has 1 heterocycles. The Morgan fingerprint density at radius 2 is 2.13 bits per heavy atom. The third-order valence-corrected chi connectivity index (χ3v) is 3.96. The van der Waals surface area contributed by atoms with Crippen LogP contribution in [0.2, 0.25) is 0 Å². The van der Waals surface area contributed by atoms with Crippen LogP contribution in [-0.2, 0) is 4.79 Å². The Kier molecular flexibility index (Phi) is 4.49. The first-order valence-corrected chi connectivity index (χ1v) is 7.73. The molecule has 1 aromatic heterocycles. The topological polar surface area (TPSA) is 86.6 Å². The van der Waals surface area contributed by atoms with Gasteiger partial charge in [0.25, 0.3) is 5.91 Å². The average molecular weight is 326 g/mol. The number of fused-ring (bicyclic) bond motifs is 1. The van der Waals surface area contributed by atoms with Crippen molar-refractivity contribution in [3.63, 3.8) is 0 Å². The van der Waals surface area contributed by atoms with E-state index in [1.807, 2.05) is 24.3 Å². The van der Waals surface area contributed by atoms with Gasteiger partial charge < -0.3 is 10.4 Å². The average Bonchev–Trinajstić information content (AvgIpc) is 2.96. The minimum Gasteiger partial charge on any atom is -0.508 e. The largest absolute Gasteiger partial charge is 0.508 e. The number of anilines is 1.